The number of anilines is 1. The van der Waals surface area contributed by atoms with Gasteiger partial charge in [-0.2, -0.15) is 0 Å². The van der Waals surface area contributed by atoms with Crippen LogP contribution in [0.1, 0.15) is 31.0 Å². The molecule has 1 fully saturated rings. The Morgan fingerprint density at radius 2 is 1.76 bits per heavy atom. The number of aryl methyl sites for hydroxylation is 1. The summed E-state index contributed by atoms with van der Waals surface area (Å²) in [5, 5.41) is 0. The van der Waals surface area contributed by atoms with Crippen LogP contribution in [0.4, 0.5) is 20.3 Å². The number of nitrogens with zero attached hydrogens (tertiary/aromatic N) is 5. The summed E-state index contributed by atoms with van der Waals surface area (Å²) in [7, 11) is 1.69. The summed E-state index contributed by atoms with van der Waals surface area (Å²) in [6, 6.07) is 17.9. The van der Waals surface area contributed by atoms with Gasteiger partial charge in [0.1, 0.15) is 11.6 Å². The van der Waals surface area contributed by atoms with Crippen molar-refractivity contribution in [3.8, 4) is 0 Å². The fourth-order valence-electron chi connectivity index (χ4n) is 5.34. The lowest BCUT2D eigenvalue weighted by molar-refractivity contribution is 0.128. The Hall–Kier alpha value is -4.09. The molecule has 0 amide bonds. The van der Waals surface area contributed by atoms with Crippen molar-refractivity contribution >= 4 is 22.5 Å². The van der Waals surface area contributed by atoms with Crippen molar-refractivity contribution in [1.82, 2.24) is 14.5 Å². The molecular formula is C29H27F2N5O. The van der Waals surface area contributed by atoms with E-state index < -0.39 is 17.7 Å². The average Bonchev–Trinajstić information content (AvgIpc) is 2.89. The van der Waals surface area contributed by atoms with Gasteiger partial charge in [0, 0.05) is 49.9 Å². The van der Waals surface area contributed by atoms with E-state index in [0.29, 0.717) is 35.4 Å². The van der Waals surface area contributed by atoms with Gasteiger partial charge in [-0.3, -0.25) is 9.69 Å². The first-order chi connectivity index (χ1) is 17.8. The first-order valence-corrected chi connectivity index (χ1v) is 12.2. The molecule has 8 heteroatoms. The van der Waals surface area contributed by atoms with Gasteiger partial charge in [-0.15, -0.1) is 4.98 Å². The van der Waals surface area contributed by atoms with Gasteiger partial charge in [0.2, 0.25) is 5.52 Å². The summed E-state index contributed by atoms with van der Waals surface area (Å²) in [6.07, 6.45) is 0. The van der Waals surface area contributed by atoms with Gasteiger partial charge in [-0.05, 0) is 37.6 Å². The highest BCUT2D eigenvalue weighted by molar-refractivity contribution is 5.89. The number of fused-ring (bicyclic) bond motifs is 1. The van der Waals surface area contributed by atoms with Crippen LogP contribution in [0, 0.1) is 18.2 Å². The van der Waals surface area contributed by atoms with Crippen molar-refractivity contribution in [2.75, 3.05) is 18.0 Å². The highest BCUT2D eigenvalue weighted by Crippen LogP contribution is 2.37. The molecule has 1 aliphatic rings. The minimum Gasteiger partial charge on any atom is -0.362 e. The Kier molecular flexibility index (Phi) is 6.48. The molecule has 0 saturated carbocycles. The Balaban J connectivity index is 1.57. The Morgan fingerprint density at radius 1 is 1.00 bits per heavy atom. The zero-order valence-corrected chi connectivity index (χ0v) is 20.9. The third kappa shape index (κ3) is 4.47. The molecule has 0 N–H and O–H groups in total. The van der Waals surface area contributed by atoms with Crippen LogP contribution in [0.2, 0.25) is 0 Å². The highest BCUT2D eigenvalue weighted by Gasteiger charge is 2.37. The maximum Gasteiger partial charge on any atom is 0.270 e. The molecule has 3 heterocycles. The van der Waals surface area contributed by atoms with E-state index in [2.05, 4.69) is 33.5 Å². The summed E-state index contributed by atoms with van der Waals surface area (Å²) in [5.74, 6) is -0.921. The van der Waals surface area contributed by atoms with Crippen LogP contribution in [0.5, 0.6) is 0 Å². The van der Waals surface area contributed by atoms with Crippen molar-refractivity contribution in [1.29, 1.82) is 0 Å². The van der Waals surface area contributed by atoms with Crippen molar-refractivity contribution in [3.05, 3.63) is 111 Å². The minimum absolute atomic E-state index is 0.0472. The fourth-order valence-corrected chi connectivity index (χ4v) is 5.34. The molecule has 0 bridgehead atoms. The molecular weight excluding hydrogens is 472 g/mol. The van der Waals surface area contributed by atoms with Gasteiger partial charge >= 0.3 is 0 Å². The van der Waals surface area contributed by atoms with Gasteiger partial charge in [-0.25, -0.2) is 8.78 Å². The van der Waals surface area contributed by atoms with E-state index in [9.17, 15) is 9.18 Å². The van der Waals surface area contributed by atoms with Gasteiger partial charge in [0.15, 0.2) is 0 Å². The highest BCUT2D eigenvalue weighted by atomic mass is 19.1. The third-order valence-electron chi connectivity index (χ3n) is 7.22. The van der Waals surface area contributed by atoms with Crippen LogP contribution < -0.4 is 10.5 Å². The number of benzene rings is 2. The van der Waals surface area contributed by atoms with Crippen molar-refractivity contribution in [3.63, 3.8) is 0 Å². The Labute approximate surface area is 214 Å². The van der Waals surface area contributed by atoms with E-state index in [4.69, 9.17) is 6.57 Å². The second-order valence-corrected chi connectivity index (χ2v) is 9.60. The first kappa shape index (κ1) is 24.6. The fraction of sp³-hybridized carbons (Fsp3) is 0.276. The molecule has 1 aliphatic heterocycles. The molecule has 6 nitrogen and oxygen atoms in total. The zero-order valence-electron chi connectivity index (χ0n) is 20.9. The zero-order chi connectivity index (χ0) is 26.3. The average molecular weight is 500 g/mol. The standard InChI is InChI=1S/C29H27F2N5O/c1-18-17-36(29(20-8-6-5-7-9-20)22-11-10-21(30)14-23(22)31)19(2)16-35(18)25-15-27(37)34(4)24-12-13-26(32-3)33-28(24)25/h5-15,18-19,29H,16-17H2,1-2,4H3/t18-,19+,29?/m0/s1. The molecule has 2 aromatic heterocycles. The van der Waals surface area contributed by atoms with E-state index in [1.165, 1.54) is 16.7 Å². The summed E-state index contributed by atoms with van der Waals surface area (Å²) < 4.78 is 30.4. The lowest BCUT2D eigenvalue weighted by atomic mass is 9.93. The van der Waals surface area contributed by atoms with Gasteiger partial charge in [-0.1, -0.05) is 43.0 Å². The van der Waals surface area contributed by atoms with Crippen LogP contribution >= 0.6 is 0 Å². The number of hydrogen-bond acceptors (Lipinski definition) is 4. The minimum atomic E-state index is -0.608. The molecule has 1 unspecified atom stereocenters. The molecule has 2 aromatic carbocycles. The smallest absolute Gasteiger partial charge is 0.270 e. The summed E-state index contributed by atoms with van der Waals surface area (Å²) in [4.78, 5) is 25.2. The molecule has 188 valence electrons. The largest absolute Gasteiger partial charge is 0.362 e. The van der Waals surface area contributed by atoms with Gasteiger partial charge in [0.05, 0.1) is 17.2 Å². The van der Waals surface area contributed by atoms with Crippen LogP contribution in [0.15, 0.2) is 71.5 Å². The topological polar surface area (TPSA) is 45.7 Å². The molecule has 4 aromatic rings. The molecule has 37 heavy (non-hydrogen) atoms. The SMILES string of the molecule is [C-]#[N+]c1ccc2c(n1)c(N1C[C@@H](C)N(C(c3ccccc3)c3ccc(F)cc3F)C[C@@H]1C)cc(=O)n2C. The molecule has 0 aliphatic carbocycles. The molecule has 5 rings (SSSR count). The van der Waals surface area contributed by atoms with Crippen molar-refractivity contribution in [2.24, 2.45) is 7.05 Å². The van der Waals surface area contributed by atoms with E-state index in [1.807, 2.05) is 30.3 Å². The summed E-state index contributed by atoms with van der Waals surface area (Å²) in [5.41, 5.74) is 3.13. The third-order valence-corrected chi connectivity index (χ3v) is 7.22. The number of rotatable bonds is 4. The van der Waals surface area contributed by atoms with E-state index in [1.54, 1.807) is 25.2 Å². The summed E-state index contributed by atoms with van der Waals surface area (Å²) in [6.45, 7) is 12.6. The number of piperazine rings is 1. The monoisotopic (exact) mass is 499 g/mol. The van der Waals surface area contributed by atoms with Crippen LogP contribution in [0.3, 0.4) is 0 Å². The second-order valence-electron chi connectivity index (χ2n) is 9.60. The van der Waals surface area contributed by atoms with Crippen LogP contribution in [-0.2, 0) is 7.05 Å². The Bertz CT molecular complexity index is 1560. The predicted octanol–water partition coefficient (Wildman–Crippen LogP) is 5.45. The van der Waals surface area contributed by atoms with Gasteiger partial charge < -0.3 is 14.3 Å². The number of hydrogen-bond donors (Lipinski definition) is 0. The second kappa shape index (κ2) is 9.75. The summed E-state index contributed by atoms with van der Waals surface area (Å²) >= 11 is 0. The van der Waals surface area contributed by atoms with Crippen molar-refractivity contribution < 1.29 is 8.78 Å². The first-order valence-electron chi connectivity index (χ1n) is 12.2. The Morgan fingerprint density at radius 3 is 2.46 bits per heavy atom. The van der Waals surface area contributed by atoms with E-state index in [0.717, 1.165) is 11.6 Å². The number of halogens is 2. The lowest BCUT2D eigenvalue weighted by Gasteiger charge is -2.48. The van der Waals surface area contributed by atoms with Crippen LogP contribution in [0.25, 0.3) is 15.9 Å². The number of aromatic nitrogens is 2. The van der Waals surface area contributed by atoms with E-state index in [-0.39, 0.29) is 23.5 Å². The maximum absolute atomic E-state index is 15.1. The molecule has 0 spiro atoms. The quantitative estimate of drug-likeness (QED) is 0.350. The van der Waals surface area contributed by atoms with Gasteiger partial charge in [0.25, 0.3) is 11.4 Å². The van der Waals surface area contributed by atoms with E-state index >= 15 is 4.39 Å². The van der Waals surface area contributed by atoms with Crippen LogP contribution in [-0.4, -0.2) is 39.6 Å². The lowest BCUT2D eigenvalue weighted by Crippen LogP contribution is -2.57. The molecule has 1 saturated heterocycles. The molecule has 0 radical (unpaired) electrons. The predicted molar refractivity (Wildman–Crippen MR) is 141 cm³/mol. The number of pyridine rings is 2. The normalized spacial score (nSPS) is 19.1. The maximum atomic E-state index is 15.1. The molecule has 3 atom stereocenters. The van der Waals surface area contributed by atoms with Crippen molar-refractivity contribution in [2.45, 2.75) is 32.0 Å².